The number of hydrogen-bond donors (Lipinski definition) is 2. The Kier molecular flexibility index (Phi) is 7.32. The molecule has 0 aromatic carbocycles. The fourth-order valence-corrected chi connectivity index (χ4v) is 2.57. The minimum atomic E-state index is -0.160. The highest BCUT2D eigenvalue weighted by molar-refractivity contribution is 7.18. The first-order valence-corrected chi connectivity index (χ1v) is 7.75. The Morgan fingerprint density at radius 1 is 1.50 bits per heavy atom. The van der Waals surface area contributed by atoms with E-state index in [0.717, 1.165) is 24.5 Å². The minimum Gasteiger partial charge on any atom is -0.382 e. The Bertz CT molecular complexity index is 423. The number of thiazole rings is 1. The third-order valence-corrected chi connectivity index (χ3v) is 3.87. The van der Waals surface area contributed by atoms with Gasteiger partial charge in [-0.05, 0) is 19.8 Å². The number of carbonyl (C=O) groups excluding carboxylic acids is 1. The molecule has 7 heteroatoms. The molecule has 0 spiro atoms. The molecule has 0 unspecified atom stereocenters. The second kappa shape index (κ2) is 8.76. The molecule has 1 aromatic heterocycles. The SMILES string of the molecule is CCCN(C)c1nc(N)c(C(=O)NCCCOCC)s1. The molecule has 0 aliphatic rings. The first-order chi connectivity index (χ1) is 9.60. The van der Waals surface area contributed by atoms with Gasteiger partial charge in [0.05, 0.1) is 0 Å². The lowest BCUT2D eigenvalue weighted by Crippen LogP contribution is -2.25. The summed E-state index contributed by atoms with van der Waals surface area (Å²) >= 11 is 1.33. The number of nitrogens with two attached hydrogens (primary N) is 1. The normalized spacial score (nSPS) is 10.6. The van der Waals surface area contributed by atoms with Crippen LogP contribution in [0.2, 0.25) is 0 Å². The fraction of sp³-hybridized carbons (Fsp3) is 0.692. The molecule has 3 N–H and O–H groups in total. The van der Waals surface area contributed by atoms with E-state index in [1.165, 1.54) is 11.3 Å². The summed E-state index contributed by atoms with van der Waals surface area (Å²) in [5.41, 5.74) is 5.82. The number of ether oxygens (including phenoxy) is 1. The number of anilines is 2. The van der Waals surface area contributed by atoms with Crippen molar-refractivity contribution in [2.45, 2.75) is 26.7 Å². The molecule has 1 rings (SSSR count). The molecule has 0 fully saturated rings. The second-order valence-electron chi connectivity index (χ2n) is 4.44. The lowest BCUT2D eigenvalue weighted by Gasteiger charge is -2.13. The van der Waals surface area contributed by atoms with Gasteiger partial charge in [-0.3, -0.25) is 4.79 Å². The van der Waals surface area contributed by atoms with E-state index in [0.29, 0.717) is 30.5 Å². The van der Waals surface area contributed by atoms with Gasteiger partial charge in [0.1, 0.15) is 10.7 Å². The summed E-state index contributed by atoms with van der Waals surface area (Å²) in [6, 6.07) is 0. The largest absolute Gasteiger partial charge is 0.382 e. The monoisotopic (exact) mass is 300 g/mol. The molecule has 114 valence electrons. The third kappa shape index (κ3) is 4.97. The van der Waals surface area contributed by atoms with Crippen molar-refractivity contribution in [2.75, 3.05) is 44.0 Å². The second-order valence-corrected chi connectivity index (χ2v) is 5.42. The summed E-state index contributed by atoms with van der Waals surface area (Å²) in [5, 5.41) is 3.62. The molecule has 0 atom stereocenters. The van der Waals surface area contributed by atoms with Crippen molar-refractivity contribution < 1.29 is 9.53 Å². The standard InChI is InChI=1S/C13H24N4O2S/c1-4-8-17(3)13-16-11(14)10(20-13)12(18)15-7-6-9-19-5-2/h4-9,14H2,1-3H3,(H,15,18). The average molecular weight is 300 g/mol. The van der Waals surface area contributed by atoms with Crippen LogP contribution in [0.1, 0.15) is 36.4 Å². The van der Waals surface area contributed by atoms with Crippen molar-refractivity contribution in [1.82, 2.24) is 10.3 Å². The van der Waals surface area contributed by atoms with Crippen LogP contribution < -0.4 is 16.0 Å². The maximum atomic E-state index is 12.0. The average Bonchev–Trinajstić information content (AvgIpc) is 2.81. The van der Waals surface area contributed by atoms with Crippen LogP contribution in [0.15, 0.2) is 0 Å². The van der Waals surface area contributed by atoms with Crippen molar-refractivity contribution in [1.29, 1.82) is 0 Å². The van der Waals surface area contributed by atoms with Gasteiger partial charge in [-0.15, -0.1) is 0 Å². The number of rotatable bonds is 9. The van der Waals surface area contributed by atoms with E-state index in [1.807, 2.05) is 18.9 Å². The highest BCUT2D eigenvalue weighted by Gasteiger charge is 2.17. The van der Waals surface area contributed by atoms with Crippen LogP contribution in [0.25, 0.3) is 0 Å². The van der Waals surface area contributed by atoms with E-state index >= 15 is 0 Å². The molecule has 0 aliphatic carbocycles. The van der Waals surface area contributed by atoms with Crippen LogP contribution in [0, 0.1) is 0 Å². The molecule has 1 amide bonds. The van der Waals surface area contributed by atoms with Gasteiger partial charge in [-0.25, -0.2) is 4.98 Å². The minimum absolute atomic E-state index is 0.160. The lowest BCUT2D eigenvalue weighted by atomic mass is 10.4. The fourth-order valence-electron chi connectivity index (χ4n) is 1.68. The predicted octanol–water partition coefficient (Wildman–Crippen LogP) is 1.73. The first-order valence-electron chi connectivity index (χ1n) is 6.93. The molecule has 0 bridgehead atoms. The van der Waals surface area contributed by atoms with Gasteiger partial charge in [0.15, 0.2) is 5.13 Å². The predicted molar refractivity (Wildman–Crippen MR) is 83.5 cm³/mol. The number of carbonyl (C=O) groups is 1. The van der Waals surface area contributed by atoms with E-state index < -0.39 is 0 Å². The van der Waals surface area contributed by atoms with Crippen molar-refractivity contribution in [2.24, 2.45) is 0 Å². The van der Waals surface area contributed by atoms with Gasteiger partial charge in [0.2, 0.25) is 0 Å². The number of nitrogens with zero attached hydrogens (tertiary/aromatic N) is 2. The van der Waals surface area contributed by atoms with Gasteiger partial charge < -0.3 is 20.7 Å². The molecular weight excluding hydrogens is 276 g/mol. The zero-order chi connectivity index (χ0) is 15.0. The Labute approximate surface area is 124 Å². The maximum Gasteiger partial charge on any atom is 0.265 e. The molecule has 0 saturated heterocycles. The van der Waals surface area contributed by atoms with Crippen molar-refractivity contribution >= 4 is 28.2 Å². The number of aromatic nitrogens is 1. The summed E-state index contributed by atoms with van der Waals surface area (Å²) in [4.78, 5) is 18.7. The smallest absolute Gasteiger partial charge is 0.265 e. The topological polar surface area (TPSA) is 80.5 Å². The molecule has 1 aromatic rings. The van der Waals surface area contributed by atoms with Crippen LogP contribution in [-0.4, -0.2) is 44.2 Å². The Hall–Kier alpha value is -1.34. The molecule has 0 aliphatic heterocycles. The van der Waals surface area contributed by atoms with Gasteiger partial charge in [0.25, 0.3) is 5.91 Å². The van der Waals surface area contributed by atoms with Crippen LogP contribution in [-0.2, 0) is 4.74 Å². The van der Waals surface area contributed by atoms with Gasteiger partial charge >= 0.3 is 0 Å². The molecule has 0 saturated carbocycles. The lowest BCUT2D eigenvalue weighted by molar-refractivity contribution is 0.0949. The van der Waals surface area contributed by atoms with Crippen molar-refractivity contribution in [3.63, 3.8) is 0 Å². The third-order valence-electron chi connectivity index (χ3n) is 2.69. The van der Waals surface area contributed by atoms with Crippen molar-refractivity contribution in [3.05, 3.63) is 4.88 Å². The summed E-state index contributed by atoms with van der Waals surface area (Å²) < 4.78 is 5.21. The molecular formula is C13H24N4O2S. The van der Waals surface area contributed by atoms with Gasteiger partial charge in [-0.1, -0.05) is 18.3 Å². The Balaban J connectivity index is 2.51. The van der Waals surface area contributed by atoms with Crippen LogP contribution in [0.5, 0.6) is 0 Å². The number of hydrogen-bond acceptors (Lipinski definition) is 6. The van der Waals surface area contributed by atoms with E-state index in [2.05, 4.69) is 17.2 Å². The quantitative estimate of drug-likeness (QED) is 0.679. The molecule has 20 heavy (non-hydrogen) atoms. The maximum absolute atomic E-state index is 12.0. The number of nitrogen functional groups attached to an aromatic ring is 1. The summed E-state index contributed by atoms with van der Waals surface area (Å²) in [6.07, 6.45) is 1.82. The number of nitrogens with one attached hydrogen (secondary N) is 1. The summed E-state index contributed by atoms with van der Waals surface area (Å²) in [6.45, 7) is 6.87. The van der Waals surface area contributed by atoms with Crippen LogP contribution in [0.3, 0.4) is 0 Å². The van der Waals surface area contributed by atoms with E-state index in [-0.39, 0.29) is 5.91 Å². The van der Waals surface area contributed by atoms with E-state index in [4.69, 9.17) is 10.5 Å². The van der Waals surface area contributed by atoms with E-state index in [9.17, 15) is 4.79 Å². The Morgan fingerprint density at radius 2 is 2.25 bits per heavy atom. The zero-order valence-corrected chi connectivity index (χ0v) is 13.3. The highest BCUT2D eigenvalue weighted by atomic mass is 32.1. The highest BCUT2D eigenvalue weighted by Crippen LogP contribution is 2.27. The van der Waals surface area contributed by atoms with Gasteiger partial charge in [0, 0.05) is 33.4 Å². The van der Waals surface area contributed by atoms with Crippen LogP contribution >= 0.6 is 11.3 Å². The molecule has 1 heterocycles. The first kappa shape index (κ1) is 16.7. The Morgan fingerprint density at radius 3 is 2.90 bits per heavy atom. The molecule has 6 nitrogen and oxygen atoms in total. The molecule has 0 radical (unpaired) electrons. The van der Waals surface area contributed by atoms with Gasteiger partial charge in [-0.2, -0.15) is 0 Å². The zero-order valence-electron chi connectivity index (χ0n) is 12.4. The van der Waals surface area contributed by atoms with E-state index in [1.54, 1.807) is 0 Å². The summed E-state index contributed by atoms with van der Waals surface area (Å²) in [7, 11) is 1.95. The number of amides is 1. The van der Waals surface area contributed by atoms with Crippen molar-refractivity contribution in [3.8, 4) is 0 Å². The summed E-state index contributed by atoms with van der Waals surface area (Å²) in [5.74, 6) is 0.142. The van der Waals surface area contributed by atoms with Crippen LogP contribution in [0.4, 0.5) is 10.9 Å².